The van der Waals surface area contributed by atoms with Crippen LogP contribution in [0.5, 0.6) is 0 Å². The van der Waals surface area contributed by atoms with E-state index in [1.807, 2.05) is 18.2 Å². The molecule has 0 amide bonds. The summed E-state index contributed by atoms with van der Waals surface area (Å²) in [6.45, 7) is 2.11. The molecule has 1 aliphatic carbocycles. The van der Waals surface area contributed by atoms with Gasteiger partial charge in [-0.1, -0.05) is 30.7 Å². The monoisotopic (exact) mass is 236 g/mol. The topological polar surface area (TPSA) is 37.3 Å². The smallest absolute Gasteiger partial charge is 0.328 e. The average Bonchev–Trinajstić information content (AvgIpc) is 2.18. The minimum atomic E-state index is -0.893. The molecular weight excluding hydrogens is 224 g/mol. The summed E-state index contributed by atoms with van der Waals surface area (Å²) in [7, 11) is 0. The molecule has 1 unspecified atom stereocenters. The van der Waals surface area contributed by atoms with E-state index >= 15 is 0 Å². The van der Waals surface area contributed by atoms with Crippen LogP contribution in [0.2, 0.25) is 5.02 Å². The summed E-state index contributed by atoms with van der Waals surface area (Å²) in [4.78, 5) is 10.8. The van der Waals surface area contributed by atoms with Gasteiger partial charge in [0.25, 0.3) is 0 Å². The summed E-state index contributed by atoms with van der Waals surface area (Å²) in [5, 5.41) is 9.57. The van der Waals surface area contributed by atoms with Gasteiger partial charge in [0.2, 0.25) is 0 Å². The van der Waals surface area contributed by atoms with E-state index in [2.05, 4.69) is 6.92 Å². The Hall–Kier alpha value is -1.28. The van der Waals surface area contributed by atoms with E-state index in [0.29, 0.717) is 5.92 Å². The molecule has 1 aromatic carbocycles. The Balaban J connectivity index is 2.54. The lowest BCUT2D eigenvalue weighted by molar-refractivity contribution is -0.131. The molecular formula is C13H13ClO2. The zero-order chi connectivity index (χ0) is 11.7. The van der Waals surface area contributed by atoms with Crippen LogP contribution in [-0.2, 0) is 11.2 Å². The number of hydrogen-bond acceptors (Lipinski definition) is 1. The van der Waals surface area contributed by atoms with Crippen LogP contribution in [0.4, 0.5) is 0 Å². The lowest BCUT2D eigenvalue weighted by Gasteiger charge is -2.24. The van der Waals surface area contributed by atoms with Gasteiger partial charge in [-0.05, 0) is 41.5 Å². The van der Waals surface area contributed by atoms with E-state index in [-0.39, 0.29) is 0 Å². The predicted octanol–water partition coefficient (Wildman–Crippen LogP) is 3.39. The molecule has 0 saturated carbocycles. The van der Waals surface area contributed by atoms with Gasteiger partial charge in [0.1, 0.15) is 0 Å². The summed E-state index contributed by atoms with van der Waals surface area (Å²) in [5.74, 6) is -0.451. The SMILES string of the molecule is CC1C/C(=C\C(=O)O)c2cccc(Cl)c2C1. The summed E-state index contributed by atoms with van der Waals surface area (Å²) in [6.07, 6.45) is 3.02. The number of aliphatic carboxylic acids is 1. The summed E-state index contributed by atoms with van der Waals surface area (Å²) >= 11 is 6.13. The predicted molar refractivity (Wildman–Crippen MR) is 64.5 cm³/mol. The van der Waals surface area contributed by atoms with E-state index in [1.165, 1.54) is 6.08 Å². The summed E-state index contributed by atoms with van der Waals surface area (Å²) < 4.78 is 0. The number of fused-ring (bicyclic) bond motifs is 1. The second-order valence-corrected chi connectivity index (χ2v) is 4.69. The molecule has 16 heavy (non-hydrogen) atoms. The maximum absolute atomic E-state index is 10.8. The fourth-order valence-corrected chi connectivity index (χ4v) is 2.51. The Kier molecular flexibility index (Phi) is 3.01. The van der Waals surface area contributed by atoms with Crippen LogP contribution in [0.3, 0.4) is 0 Å². The molecule has 0 spiro atoms. The Morgan fingerprint density at radius 2 is 2.25 bits per heavy atom. The molecule has 1 N–H and O–H groups in total. The number of rotatable bonds is 1. The Bertz CT molecular complexity index is 463. The fraction of sp³-hybridized carbons (Fsp3) is 0.308. The first-order valence-electron chi connectivity index (χ1n) is 5.29. The van der Waals surface area contributed by atoms with Crippen LogP contribution < -0.4 is 0 Å². The largest absolute Gasteiger partial charge is 0.478 e. The molecule has 84 valence electrons. The molecule has 0 aromatic heterocycles. The van der Waals surface area contributed by atoms with E-state index in [1.54, 1.807) is 0 Å². The molecule has 0 saturated heterocycles. The maximum Gasteiger partial charge on any atom is 0.328 e. The van der Waals surface area contributed by atoms with Gasteiger partial charge >= 0.3 is 5.97 Å². The molecule has 2 rings (SSSR count). The van der Waals surface area contributed by atoms with E-state index in [9.17, 15) is 4.79 Å². The van der Waals surface area contributed by atoms with E-state index in [0.717, 1.165) is 34.6 Å². The van der Waals surface area contributed by atoms with Crippen molar-refractivity contribution in [2.75, 3.05) is 0 Å². The number of carbonyl (C=O) groups is 1. The van der Waals surface area contributed by atoms with Crippen molar-refractivity contribution in [3.05, 3.63) is 40.4 Å². The van der Waals surface area contributed by atoms with Gasteiger partial charge in [0.05, 0.1) is 0 Å². The first-order chi connectivity index (χ1) is 7.58. The lowest BCUT2D eigenvalue weighted by atomic mass is 9.81. The third-order valence-corrected chi connectivity index (χ3v) is 3.24. The third kappa shape index (κ3) is 2.12. The highest BCUT2D eigenvalue weighted by molar-refractivity contribution is 6.31. The van der Waals surface area contributed by atoms with Gasteiger partial charge in [-0.15, -0.1) is 0 Å². The molecule has 0 bridgehead atoms. The average molecular weight is 237 g/mol. The van der Waals surface area contributed by atoms with Crippen molar-refractivity contribution in [1.29, 1.82) is 0 Å². The number of allylic oxidation sites excluding steroid dienone is 1. The van der Waals surface area contributed by atoms with Crippen LogP contribution in [0.15, 0.2) is 24.3 Å². The lowest BCUT2D eigenvalue weighted by Crippen LogP contribution is -2.12. The van der Waals surface area contributed by atoms with Crippen molar-refractivity contribution in [1.82, 2.24) is 0 Å². The Morgan fingerprint density at radius 3 is 2.94 bits per heavy atom. The Morgan fingerprint density at radius 1 is 1.50 bits per heavy atom. The van der Waals surface area contributed by atoms with Gasteiger partial charge in [0, 0.05) is 11.1 Å². The number of halogens is 1. The molecule has 0 radical (unpaired) electrons. The molecule has 0 fully saturated rings. The van der Waals surface area contributed by atoms with Crippen LogP contribution in [0.25, 0.3) is 5.57 Å². The van der Waals surface area contributed by atoms with Crippen molar-refractivity contribution in [3.63, 3.8) is 0 Å². The molecule has 0 heterocycles. The second kappa shape index (κ2) is 4.30. The standard InChI is InChI=1S/C13H13ClO2/c1-8-5-9(7-13(15)16)10-3-2-4-12(14)11(10)6-8/h2-4,7-8H,5-6H2,1H3,(H,15,16)/b9-7+. The fourth-order valence-electron chi connectivity index (χ4n) is 2.26. The molecule has 1 aromatic rings. The van der Waals surface area contributed by atoms with Crippen molar-refractivity contribution >= 4 is 23.1 Å². The van der Waals surface area contributed by atoms with Gasteiger partial charge in [-0.25, -0.2) is 4.79 Å². The number of carboxylic acids is 1. The minimum absolute atomic E-state index is 0.443. The zero-order valence-electron chi connectivity index (χ0n) is 9.03. The van der Waals surface area contributed by atoms with Gasteiger partial charge in [-0.2, -0.15) is 0 Å². The summed E-state index contributed by atoms with van der Waals surface area (Å²) in [5.41, 5.74) is 2.95. The molecule has 1 aliphatic rings. The summed E-state index contributed by atoms with van der Waals surface area (Å²) in [6, 6.07) is 5.67. The number of carboxylic acid groups (broad SMARTS) is 1. The van der Waals surface area contributed by atoms with Crippen LogP contribution in [0.1, 0.15) is 24.5 Å². The van der Waals surface area contributed by atoms with Gasteiger partial charge in [0.15, 0.2) is 0 Å². The van der Waals surface area contributed by atoms with Gasteiger partial charge in [-0.3, -0.25) is 0 Å². The van der Waals surface area contributed by atoms with E-state index < -0.39 is 5.97 Å². The van der Waals surface area contributed by atoms with Crippen molar-refractivity contribution in [3.8, 4) is 0 Å². The van der Waals surface area contributed by atoms with Crippen molar-refractivity contribution < 1.29 is 9.90 Å². The second-order valence-electron chi connectivity index (χ2n) is 4.29. The molecule has 1 atom stereocenters. The molecule has 0 aliphatic heterocycles. The van der Waals surface area contributed by atoms with Crippen LogP contribution in [0, 0.1) is 5.92 Å². The molecule has 2 nitrogen and oxygen atoms in total. The number of hydrogen-bond donors (Lipinski definition) is 1. The highest BCUT2D eigenvalue weighted by Gasteiger charge is 2.21. The van der Waals surface area contributed by atoms with Gasteiger partial charge < -0.3 is 5.11 Å². The minimum Gasteiger partial charge on any atom is -0.478 e. The molecule has 3 heteroatoms. The quantitative estimate of drug-likeness (QED) is 0.759. The van der Waals surface area contributed by atoms with Crippen molar-refractivity contribution in [2.45, 2.75) is 19.8 Å². The van der Waals surface area contributed by atoms with Crippen LogP contribution in [-0.4, -0.2) is 11.1 Å². The third-order valence-electron chi connectivity index (χ3n) is 2.88. The highest BCUT2D eigenvalue weighted by atomic mass is 35.5. The first kappa shape index (κ1) is 11.2. The normalized spacial score (nSPS) is 21.9. The maximum atomic E-state index is 10.8. The Labute approximate surface area is 99.5 Å². The zero-order valence-corrected chi connectivity index (χ0v) is 9.79. The van der Waals surface area contributed by atoms with E-state index in [4.69, 9.17) is 16.7 Å². The highest BCUT2D eigenvalue weighted by Crippen LogP contribution is 2.37. The first-order valence-corrected chi connectivity index (χ1v) is 5.67. The number of benzene rings is 1. The van der Waals surface area contributed by atoms with Crippen molar-refractivity contribution in [2.24, 2.45) is 5.92 Å². The van der Waals surface area contributed by atoms with Crippen LogP contribution >= 0.6 is 11.6 Å².